The van der Waals surface area contributed by atoms with Gasteiger partial charge >= 0.3 is 12.2 Å². The van der Waals surface area contributed by atoms with Crippen molar-refractivity contribution >= 4 is 46.0 Å². The molecule has 4 unspecified atom stereocenters. The number of aromatic nitrogens is 5. The van der Waals surface area contributed by atoms with Gasteiger partial charge in [-0.25, -0.2) is 19.6 Å². The van der Waals surface area contributed by atoms with Crippen molar-refractivity contribution in [1.29, 1.82) is 0 Å². The van der Waals surface area contributed by atoms with E-state index in [1.165, 1.54) is 43.8 Å². The highest BCUT2D eigenvalue weighted by atomic mass is 16.5. The van der Waals surface area contributed by atoms with Gasteiger partial charge in [0.1, 0.15) is 23.7 Å². The number of ether oxygens (including phenoxy) is 2. The highest BCUT2D eigenvalue weighted by Gasteiger charge is 2.40. The Labute approximate surface area is 402 Å². The number of amides is 4. The van der Waals surface area contributed by atoms with Gasteiger partial charge < -0.3 is 44.4 Å². The monoisotopic (exact) mass is 940 g/mol. The molecule has 69 heavy (non-hydrogen) atoms. The number of aromatic amines is 2. The van der Waals surface area contributed by atoms with Gasteiger partial charge in [-0.3, -0.25) is 9.59 Å². The van der Waals surface area contributed by atoms with E-state index in [9.17, 15) is 19.2 Å². The summed E-state index contributed by atoms with van der Waals surface area (Å²) in [5.74, 6) is 0.866. The van der Waals surface area contributed by atoms with E-state index in [1.807, 2.05) is 37.5 Å². The first-order valence-corrected chi connectivity index (χ1v) is 24.6. The van der Waals surface area contributed by atoms with E-state index in [4.69, 9.17) is 24.0 Å². The van der Waals surface area contributed by atoms with Gasteiger partial charge in [0.2, 0.25) is 11.8 Å². The molecule has 2 saturated heterocycles. The molecule has 16 heteroatoms. The van der Waals surface area contributed by atoms with Crippen LogP contribution in [0.4, 0.5) is 9.59 Å². The molecule has 3 fully saturated rings. The molecule has 9 rings (SSSR count). The second-order valence-electron chi connectivity index (χ2n) is 20.0. The zero-order chi connectivity index (χ0) is 48.7. The number of H-pyrrole nitrogens is 2. The molecular formula is C53H65N9O7. The summed E-state index contributed by atoms with van der Waals surface area (Å²) in [4.78, 5) is 72.7. The molecule has 1 saturated carbocycles. The van der Waals surface area contributed by atoms with Crippen LogP contribution in [0.5, 0.6) is 0 Å². The molecule has 1 aliphatic carbocycles. The Morgan fingerprint density at radius 1 is 0.768 bits per heavy atom. The molecule has 4 amide bonds. The van der Waals surface area contributed by atoms with Crippen molar-refractivity contribution in [2.24, 2.45) is 11.8 Å². The number of hydrogen-bond donors (Lipinski definition) is 4. The summed E-state index contributed by atoms with van der Waals surface area (Å²) in [6, 6.07) is 13.3. The van der Waals surface area contributed by atoms with Gasteiger partial charge in [0.15, 0.2) is 5.58 Å². The number of fused-ring (bicyclic) bond motifs is 2. The maximum atomic E-state index is 13.9. The first-order valence-electron chi connectivity index (χ1n) is 24.6. The summed E-state index contributed by atoms with van der Waals surface area (Å²) in [5.41, 5.74) is 11.1. The van der Waals surface area contributed by atoms with Gasteiger partial charge in [0.05, 0.1) is 60.8 Å². The number of likely N-dealkylation sites (tertiary alicyclic amines) is 2. The summed E-state index contributed by atoms with van der Waals surface area (Å²) < 4.78 is 15.7. The lowest BCUT2D eigenvalue weighted by Gasteiger charge is -2.32. The molecule has 364 valence electrons. The summed E-state index contributed by atoms with van der Waals surface area (Å²) in [6.07, 6.45) is 10.8. The van der Waals surface area contributed by atoms with Gasteiger partial charge in [-0.1, -0.05) is 83.8 Å². The molecule has 16 nitrogen and oxygen atoms in total. The van der Waals surface area contributed by atoms with Crippen molar-refractivity contribution in [3.05, 3.63) is 77.6 Å². The zero-order valence-electron chi connectivity index (χ0n) is 41.0. The summed E-state index contributed by atoms with van der Waals surface area (Å²) in [7, 11) is 2.60. The number of methoxy groups -OCH3 is 2. The quantitative estimate of drug-likeness (QED) is 0.0864. The third-order valence-electron chi connectivity index (χ3n) is 15.0. The average Bonchev–Trinajstić information content (AvgIpc) is 4.21. The lowest BCUT2D eigenvalue weighted by Crippen LogP contribution is -2.51. The predicted octanol–water partition coefficient (Wildman–Crippen LogP) is 9.91. The fourth-order valence-corrected chi connectivity index (χ4v) is 11.4. The minimum Gasteiger partial charge on any atom is -0.453 e. The topological polar surface area (TPSA) is 201 Å². The second-order valence-corrected chi connectivity index (χ2v) is 20.0. The van der Waals surface area contributed by atoms with E-state index in [-0.39, 0.29) is 41.1 Å². The van der Waals surface area contributed by atoms with Gasteiger partial charge in [0.25, 0.3) is 0 Å². The van der Waals surface area contributed by atoms with Gasteiger partial charge in [-0.05, 0) is 114 Å². The standard InChI is InChI=1S/C53H65N9O7/c1-9-32-34(35-19-20-36(46-37(35)27-55-69-46)40-28-54-47(58-40)41-14-12-24-61(41)49(63)44(29(2)3)59-51(65)67-7)18-17-33(43(32)53(6)22-10-11-23-53)31-16-21-38-39(26-31)57-48(56-38)42-15-13-25-62(42)50(64)45(30(4)5)60-52(66)68-8/h16-21,26-30,41-42,44-45H,9-15,22-25H2,1-8H3,(H,54,58)(H,56,57)(H,59,65)(H,60,66). The average molecular weight is 940 g/mol. The minimum absolute atomic E-state index is 0.0409. The number of carbonyl (C=O) groups is 4. The van der Waals surface area contributed by atoms with E-state index in [0.717, 1.165) is 95.1 Å². The highest BCUT2D eigenvalue weighted by Crippen LogP contribution is 2.50. The second kappa shape index (κ2) is 19.4. The maximum Gasteiger partial charge on any atom is 0.407 e. The van der Waals surface area contributed by atoms with Crippen LogP contribution in [0.3, 0.4) is 0 Å². The van der Waals surface area contributed by atoms with E-state index >= 15 is 0 Å². The van der Waals surface area contributed by atoms with Crippen molar-refractivity contribution < 1.29 is 33.2 Å². The summed E-state index contributed by atoms with van der Waals surface area (Å²) in [6.45, 7) is 13.5. The third-order valence-corrected chi connectivity index (χ3v) is 15.0. The van der Waals surface area contributed by atoms with Crippen LogP contribution in [0.2, 0.25) is 0 Å². The molecule has 3 aromatic carbocycles. The predicted molar refractivity (Wildman–Crippen MR) is 263 cm³/mol. The number of carbonyl (C=O) groups excluding carboxylic acids is 4. The zero-order valence-corrected chi connectivity index (χ0v) is 41.0. The Hall–Kier alpha value is -6.71. The molecule has 3 aliphatic rings. The molecule has 4 atom stereocenters. The number of rotatable bonds is 13. The Kier molecular flexibility index (Phi) is 13.3. The molecular weight excluding hydrogens is 875 g/mol. The van der Waals surface area contributed by atoms with Crippen LogP contribution < -0.4 is 10.6 Å². The normalized spacial score (nSPS) is 18.9. The molecule has 3 aromatic heterocycles. The van der Waals surface area contributed by atoms with E-state index in [1.54, 1.807) is 12.4 Å². The van der Waals surface area contributed by atoms with Crippen molar-refractivity contribution in [3.8, 4) is 33.5 Å². The Bertz CT molecular complexity index is 2890. The molecule has 0 bridgehead atoms. The first-order chi connectivity index (χ1) is 33.2. The smallest absolute Gasteiger partial charge is 0.407 e. The van der Waals surface area contributed by atoms with Gasteiger partial charge in [0, 0.05) is 18.7 Å². The van der Waals surface area contributed by atoms with Crippen LogP contribution in [-0.2, 0) is 30.9 Å². The Morgan fingerprint density at radius 3 is 1.97 bits per heavy atom. The van der Waals surface area contributed by atoms with Crippen LogP contribution in [0.25, 0.3) is 55.5 Å². The van der Waals surface area contributed by atoms with Crippen LogP contribution in [0, 0.1) is 11.8 Å². The van der Waals surface area contributed by atoms with Crippen molar-refractivity contribution in [2.45, 2.75) is 129 Å². The lowest BCUT2D eigenvalue weighted by atomic mass is 9.72. The SMILES string of the molecule is CCc1c(-c2ccc(-c3cnc(C4CCCN4C(=O)C(NC(=O)OC)C(C)C)[nH]3)c3oncc23)ccc(-c2ccc3nc(C4CCCN4C(=O)C(NC(=O)OC)C(C)C)[nH]c3c2)c1C1(C)CCCC1. The van der Waals surface area contributed by atoms with Gasteiger partial charge in [-0.2, -0.15) is 0 Å². The van der Waals surface area contributed by atoms with Crippen molar-refractivity contribution in [3.63, 3.8) is 0 Å². The third kappa shape index (κ3) is 8.82. The highest BCUT2D eigenvalue weighted by molar-refractivity contribution is 6.02. The molecule has 5 heterocycles. The molecule has 2 aliphatic heterocycles. The van der Waals surface area contributed by atoms with E-state index in [2.05, 4.69) is 82.1 Å². The fraction of sp³-hybridized carbons (Fsp3) is 0.491. The van der Waals surface area contributed by atoms with E-state index in [0.29, 0.717) is 24.5 Å². The molecule has 0 spiro atoms. The Balaban J connectivity index is 1.04. The van der Waals surface area contributed by atoms with Crippen LogP contribution in [-0.4, -0.2) is 98.3 Å². The number of nitrogens with zero attached hydrogens (tertiary/aromatic N) is 5. The van der Waals surface area contributed by atoms with E-state index < -0.39 is 24.3 Å². The first kappa shape index (κ1) is 47.4. The van der Waals surface area contributed by atoms with Crippen molar-refractivity contribution in [1.82, 2.24) is 45.5 Å². The van der Waals surface area contributed by atoms with Crippen LogP contribution in [0.15, 0.2) is 59.4 Å². The molecule has 6 aromatic rings. The number of benzene rings is 3. The molecule has 4 N–H and O–H groups in total. The minimum atomic E-state index is -0.724. The fourth-order valence-electron chi connectivity index (χ4n) is 11.4. The number of alkyl carbamates (subject to hydrolysis) is 2. The largest absolute Gasteiger partial charge is 0.453 e. The lowest BCUT2D eigenvalue weighted by molar-refractivity contribution is -0.136. The van der Waals surface area contributed by atoms with Crippen LogP contribution >= 0.6 is 0 Å². The van der Waals surface area contributed by atoms with Gasteiger partial charge in [-0.15, -0.1) is 0 Å². The Morgan fingerprint density at radius 2 is 1.36 bits per heavy atom. The summed E-state index contributed by atoms with van der Waals surface area (Å²) >= 11 is 0. The number of imidazole rings is 2. The molecule has 0 radical (unpaired) electrons. The maximum absolute atomic E-state index is 13.9. The van der Waals surface area contributed by atoms with Crippen LogP contribution in [0.1, 0.15) is 128 Å². The number of hydrogen-bond acceptors (Lipinski definition) is 10. The number of nitrogens with one attached hydrogen (secondary N) is 4. The summed E-state index contributed by atoms with van der Waals surface area (Å²) in [5, 5.41) is 10.7. The van der Waals surface area contributed by atoms with Crippen molar-refractivity contribution in [2.75, 3.05) is 27.3 Å².